The van der Waals surface area contributed by atoms with Crippen LogP contribution in [0.5, 0.6) is 0 Å². The third-order valence-corrected chi connectivity index (χ3v) is 4.41. The Morgan fingerprint density at radius 1 is 1.40 bits per heavy atom. The lowest BCUT2D eigenvalue weighted by atomic mass is 9.86. The first-order valence-corrected chi connectivity index (χ1v) is 7.04. The van der Waals surface area contributed by atoms with Crippen molar-refractivity contribution >= 4 is 17.7 Å². The summed E-state index contributed by atoms with van der Waals surface area (Å²) in [5.41, 5.74) is 0. The minimum atomic E-state index is 0.0455. The minimum absolute atomic E-state index is 0.0455. The molecule has 3 atom stereocenters. The maximum atomic E-state index is 11.9. The van der Waals surface area contributed by atoms with E-state index in [0.29, 0.717) is 12.0 Å². The van der Waals surface area contributed by atoms with Crippen LogP contribution in [0.3, 0.4) is 0 Å². The standard InChI is InChI=1S/C11H20N2OS/c1-8-4-2-3-5-9(8)13-11(14)10-6-15-7-12-10/h8-10,12H,2-7H2,1H3,(H,13,14)/t8?,9?,10-/m1/s1. The number of thioether (sulfide) groups is 1. The number of carbonyl (C=O) groups excluding carboxylic acids is 1. The first-order chi connectivity index (χ1) is 7.27. The van der Waals surface area contributed by atoms with E-state index in [-0.39, 0.29) is 11.9 Å². The molecule has 0 spiro atoms. The third-order valence-electron chi connectivity index (χ3n) is 3.47. The van der Waals surface area contributed by atoms with Crippen molar-refractivity contribution in [2.45, 2.75) is 44.7 Å². The van der Waals surface area contributed by atoms with E-state index in [0.717, 1.165) is 18.1 Å². The van der Waals surface area contributed by atoms with Crippen LogP contribution < -0.4 is 10.6 Å². The van der Waals surface area contributed by atoms with E-state index in [2.05, 4.69) is 17.6 Å². The van der Waals surface area contributed by atoms with Crippen molar-refractivity contribution in [2.75, 3.05) is 11.6 Å². The lowest BCUT2D eigenvalue weighted by molar-refractivity contribution is -0.123. The SMILES string of the molecule is CC1CCCCC1NC(=O)[C@H]1CSCN1. The van der Waals surface area contributed by atoms with Crippen molar-refractivity contribution in [1.29, 1.82) is 0 Å². The molecule has 2 rings (SSSR count). The van der Waals surface area contributed by atoms with Crippen molar-refractivity contribution in [3.8, 4) is 0 Å². The van der Waals surface area contributed by atoms with Gasteiger partial charge in [-0.05, 0) is 18.8 Å². The topological polar surface area (TPSA) is 41.1 Å². The van der Waals surface area contributed by atoms with Crippen LogP contribution in [-0.4, -0.2) is 29.6 Å². The lowest BCUT2D eigenvalue weighted by Gasteiger charge is -2.30. The van der Waals surface area contributed by atoms with Gasteiger partial charge in [0.25, 0.3) is 0 Å². The largest absolute Gasteiger partial charge is 0.352 e. The van der Waals surface area contributed by atoms with Crippen LogP contribution in [-0.2, 0) is 4.79 Å². The highest BCUT2D eigenvalue weighted by atomic mass is 32.2. The summed E-state index contributed by atoms with van der Waals surface area (Å²) in [4.78, 5) is 11.9. The summed E-state index contributed by atoms with van der Waals surface area (Å²) < 4.78 is 0. The zero-order chi connectivity index (χ0) is 10.7. The molecule has 1 saturated carbocycles. The molecular formula is C11H20N2OS. The summed E-state index contributed by atoms with van der Waals surface area (Å²) in [7, 11) is 0. The van der Waals surface area contributed by atoms with Crippen LogP contribution >= 0.6 is 11.8 Å². The molecule has 0 aromatic heterocycles. The van der Waals surface area contributed by atoms with Crippen LogP contribution in [0, 0.1) is 5.92 Å². The summed E-state index contributed by atoms with van der Waals surface area (Å²) in [6.07, 6.45) is 5.01. The Hall–Kier alpha value is -0.220. The number of nitrogens with one attached hydrogen (secondary N) is 2. The van der Waals surface area contributed by atoms with Crippen LogP contribution in [0.4, 0.5) is 0 Å². The molecule has 1 amide bonds. The highest BCUT2D eigenvalue weighted by Gasteiger charge is 2.27. The van der Waals surface area contributed by atoms with Gasteiger partial charge in [-0.1, -0.05) is 19.8 Å². The summed E-state index contributed by atoms with van der Waals surface area (Å²) >= 11 is 1.80. The Balaban J connectivity index is 1.81. The Morgan fingerprint density at radius 3 is 2.87 bits per heavy atom. The van der Waals surface area contributed by atoms with Crippen LogP contribution in [0.25, 0.3) is 0 Å². The quantitative estimate of drug-likeness (QED) is 0.749. The smallest absolute Gasteiger partial charge is 0.238 e. The normalized spacial score (nSPS) is 36.5. The summed E-state index contributed by atoms with van der Waals surface area (Å²) in [6.45, 7) is 2.25. The van der Waals surface area contributed by atoms with Gasteiger partial charge in [0.1, 0.15) is 0 Å². The van der Waals surface area contributed by atoms with Crippen molar-refractivity contribution in [3.05, 3.63) is 0 Å². The number of hydrogen-bond donors (Lipinski definition) is 2. The van der Waals surface area contributed by atoms with Crippen molar-refractivity contribution in [3.63, 3.8) is 0 Å². The summed E-state index contributed by atoms with van der Waals surface area (Å²) in [5.74, 6) is 2.70. The molecule has 0 aromatic rings. The van der Waals surface area contributed by atoms with Gasteiger partial charge in [0.15, 0.2) is 0 Å². The molecule has 0 aromatic carbocycles. The van der Waals surface area contributed by atoms with E-state index in [9.17, 15) is 4.79 Å². The second kappa shape index (κ2) is 5.21. The van der Waals surface area contributed by atoms with Gasteiger partial charge in [0, 0.05) is 17.7 Å². The van der Waals surface area contributed by atoms with Gasteiger partial charge in [-0.3, -0.25) is 10.1 Å². The van der Waals surface area contributed by atoms with Crippen LogP contribution in [0.1, 0.15) is 32.6 Å². The molecule has 3 nitrogen and oxygen atoms in total. The molecule has 15 heavy (non-hydrogen) atoms. The van der Waals surface area contributed by atoms with Crippen molar-refractivity contribution in [1.82, 2.24) is 10.6 Å². The second-order valence-corrected chi connectivity index (χ2v) is 5.68. The van der Waals surface area contributed by atoms with E-state index < -0.39 is 0 Å². The average molecular weight is 228 g/mol. The Morgan fingerprint density at radius 2 is 2.20 bits per heavy atom. The van der Waals surface area contributed by atoms with Gasteiger partial charge in [-0.2, -0.15) is 0 Å². The van der Waals surface area contributed by atoms with E-state index >= 15 is 0 Å². The predicted molar refractivity (Wildman–Crippen MR) is 63.8 cm³/mol. The molecule has 86 valence electrons. The molecule has 0 radical (unpaired) electrons. The van der Waals surface area contributed by atoms with Gasteiger partial charge < -0.3 is 5.32 Å². The van der Waals surface area contributed by atoms with Gasteiger partial charge in [-0.25, -0.2) is 0 Å². The first-order valence-electron chi connectivity index (χ1n) is 5.89. The predicted octanol–water partition coefficient (Wildman–Crippen LogP) is 1.34. The molecule has 1 aliphatic heterocycles. The van der Waals surface area contributed by atoms with E-state index in [1.54, 1.807) is 11.8 Å². The van der Waals surface area contributed by atoms with Crippen LogP contribution in [0.2, 0.25) is 0 Å². The Bertz CT molecular complexity index is 229. The molecule has 4 heteroatoms. The van der Waals surface area contributed by atoms with Gasteiger partial charge in [0.2, 0.25) is 5.91 Å². The molecule has 2 N–H and O–H groups in total. The molecule has 0 bridgehead atoms. The summed E-state index contributed by atoms with van der Waals surface area (Å²) in [5, 5.41) is 6.41. The average Bonchev–Trinajstić information content (AvgIpc) is 2.74. The monoisotopic (exact) mass is 228 g/mol. The summed E-state index contributed by atoms with van der Waals surface area (Å²) in [6, 6.07) is 0.461. The number of hydrogen-bond acceptors (Lipinski definition) is 3. The zero-order valence-electron chi connectivity index (χ0n) is 9.29. The fourth-order valence-corrected chi connectivity index (χ4v) is 3.32. The molecule has 2 unspecified atom stereocenters. The van der Waals surface area contributed by atoms with Crippen molar-refractivity contribution < 1.29 is 4.79 Å². The molecular weight excluding hydrogens is 208 g/mol. The Kier molecular flexibility index (Phi) is 3.92. The zero-order valence-corrected chi connectivity index (χ0v) is 10.1. The second-order valence-electron chi connectivity index (χ2n) is 4.65. The first kappa shape index (κ1) is 11.3. The third kappa shape index (κ3) is 2.88. The maximum Gasteiger partial charge on any atom is 0.238 e. The molecule has 1 saturated heterocycles. The van der Waals surface area contributed by atoms with E-state index in [1.807, 2.05) is 0 Å². The van der Waals surface area contributed by atoms with E-state index in [4.69, 9.17) is 0 Å². The van der Waals surface area contributed by atoms with Gasteiger partial charge >= 0.3 is 0 Å². The highest BCUT2D eigenvalue weighted by molar-refractivity contribution is 7.99. The fraction of sp³-hybridized carbons (Fsp3) is 0.909. The van der Waals surface area contributed by atoms with Crippen molar-refractivity contribution in [2.24, 2.45) is 5.92 Å². The Labute approximate surface area is 95.8 Å². The maximum absolute atomic E-state index is 11.9. The lowest BCUT2D eigenvalue weighted by Crippen LogP contribution is -2.49. The fourth-order valence-electron chi connectivity index (χ4n) is 2.38. The number of rotatable bonds is 2. The van der Waals surface area contributed by atoms with Crippen LogP contribution in [0.15, 0.2) is 0 Å². The molecule has 2 fully saturated rings. The minimum Gasteiger partial charge on any atom is -0.352 e. The highest BCUT2D eigenvalue weighted by Crippen LogP contribution is 2.24. The number of carbonyl (C=O) groups is 1. The molecule has 2 aliphatic rings. The van der Waals surface area contributed by atoms with Gasteiger partial charge in [-0.15, -0.1) is 11.8 Å². The molecule has 1 heterocycles. The molecule has 1 aliphatic carbocycles. The van der Waals surface area contributed by atoms with E-state index in [1.165, 1.54) is 19.3 Å². The van der Waals surface area contributed by atoms with Gasteiger partial charge in [0.05, 0.1) is 6.04 Å². The number of amides is 1.